The summed E-state index contributed by atoms with van der Waals surface area (Å²) in [6.45, 7) is 0.428. The summed E-state index contributed by atoms with van der Waals surface area (Å²) in [6.07, 6.45) is 0. The summed E-state index contributed by atoms with van der Waals surface area (Å²) < 4.78 is 10.1. The highest BCUT2D eigenvalue weighted by Crippen LogP contribution is 2.43. The molecule has 2 aliphatic heterocycles. The van der Waals surface area contributed by atoms with Crippen LogP contribution in [0.3, 0.4) is 0 Å². The average Bonchev–Trinajstić information content (AvgIpc) is 3.32. The van der Waals surface area contributed by atoms with Gasteiger partial charge in [0, 0.05) is 16.9 Å². The monoisotopic (exact) mass is 520 g/mol. The number of nitriles is 1. The van der Waals surface area contributed by atoms with Crippen molar-refractivity contribution in [2.45, 2.75) is 12.5 Å². The molecule has 0 fully saturated rings. The molecule has 194 valence electrons. The lowest BCUT2D eigenvalue weighted by molar-refractivity contribution is -0.139. The van der Waals surface area contributed by atoms with E-state index in [1.165, 1.54) is 19.1 Å². The van der Waals surface area contributed by atoms with E-state index in [0.717, 1.165) is 5.56 Å². The van der Waals surface area contributed by atoms with Crippen LogP contribution < -0.4 is 15.5 Å². The third-order valence-corrected chi connectivity index (χ3v) is 6.85. The second-order valence-corrected chi connectivity index (χ2v) is 8.90. The number of allylic oxidation sites excluding steroid dienone is 1. The molecular weight excluding hydrogens is 496 g/mol. The molecule has 9 heteroatoms. The molecule has 39 heavy (non-hydrogen) atoms. The number of ether oxygens (including phenoxy) is 2. The van der Waals surface area contributed by atoms with Gasteiger partial charge in [-0.25, -0.2) is 9.59 Å². The molecule has 0 radical (unpaired) electrons. The fraction of sp³-hybridized carbons (Fsp3) is 0.133. The summed E-state index contributed by atoms with van der Waals surface area (Å²) in [4.78, 5) is 42.3. The highest BCUT2D eigenvalue weighted by atomic mass is 16.5. The SMILES string of the molecule is COC(=O)C1=C(C(=O)OC)N(c2ccc(N3Cc4ccccc4C3=O)cc2)C(N)=C(C#N)C1c1ccccc1. The van der Waals surface area contributed by atoms with Crippen LogP contribution >= 0.6 is 0 Å². The second kappa shape index (κ2) is 10.2. The molecule has 3 aromatic rings. The Kier molecular flexibility index (Phi) is 6.61. The van der Waals surface area contributed by atoms with Crippen LogP contribution in [0.25, 0.3) is 0 Å². The van der Waals surface area contributed by atoms with E-state index in [2.05, 4.69) is 6.07 Å². The molecule has 3 aromatic carbocycles. The molecule has 1 amide bonds. The number of benzene rings is 3. The lowest BCUT2D eigenvalue weighted by Gasteiger charge is -2.36. The number of hydrogen-bond donors (Lipinski definition) is 1. The standard InChI is InChI=1S/C30H24N4O5/c1-38-29(36)25-24(18-8-4-3-5-9-18)23(16-31)27(32)34(26(25)30(37)39-2)21-14-12-20(13-15-21)33-17-19-10-6-7-11-22(19)28(33)35/h3-15,24H,17,32H2,1-2H3. The zero-order chi connectivity index (χ0) is 27.7. The minimum Gasteiger partial charge on any atom is -0.466 e. The number of rotatable bonds is 5. The summed E-state index contributed by atoms with van der Waals surface area (Å²) >= 11 is 0. The third kappa shape index (κ3) is 4.18. The van der Waals surface area contributed by atoms with Crippen LogP contribution in [-0.2, 0) is 25.6 Å². The molecule has 0 saturated heterocycles. The van der Waals surface area contributed by atoms with Gasteiger partial charge < -0.3 is 20.1 Å². The van der Waals surface area contributed by atoms with Crippen molar-refractivity contribution in [3.8, 4) is 6.07 Å². The van der Waals surface area contributed by atoms with Gasteiger partial charge in [-0.1, -0.05) is 48.5 Å². The molecule has 1 unspecified atom stereocenters. The largest absolute Gasteiger partial charge is 0.466 e. The average molecular weight is 521 g/mol. The first-order valence-corrected chi connectivity index (χ1v) is 12.1. The first-order valence-electron chi connectivity index (χ1n) is 12.1. The maximum atomic E-state index is 13.2. The molecule has 0 aromatic heterocycles. The molecule has 9 nitrogen and oxygen atoms in total. The first kappa shape index (κ1) is 25.3. The number of amides is 1. The zero-order valence-corrected chi connectivity index (χ0v) is 21.3. The van der Waals surface area contributed by atoms with E-state index >= 15 is 0 Å². The van der Waals surface area contributed by atoms with Gasteiger partial charge in [0.2, 0.25) is 0 Å². The van der Waals surface area contributed by atoms with E-state index in [-0.39, 0.29) is 28.6 Å². The molecule has 2 N–H and O–H groups in total. The fourth-order valence-electron chi connectivity index (χ4n) is 5.03. The predicted molar refractivity (Wildman–Crippen MR) is 143 cm³/mol. The number of nitrogens with zero attached hydrogens (tertiary/aromatic N) is 3. The highest BCUT2D eigenvalue weighted by Gasteiger charge is 2.43. The molecule has 0 bridgehead atoms. The van der Waals surface area contributed by atoms with Gasteiger partial charge in [-0.3, -0.25) is 9.69 Å². The minimum atomic E-state index is -0.950. The predicted octanol–water partition coefficient (Wildman–Crippen LogP) is 3.74. The van der Waals surface area contributed by atoms with Crippen molar-refractivity contribution < 1.29 is 23.9 Å². The van der Waals surface area contributed by atoms with Crippen molar-refractivity contribution in [2.75, 3.05) is 24.0 Å². The van der Waals surface area contributed by atoms with Gasteiger partial charge in [-0.2, -0.15) is 5.26 Å². The molecule has 2 aliphatic rings. The van der Waals surface area contributed by atoms with Crippen molar-refractivity contribution in [3.05, 3.63) is 118 Å². The number of nitrogens with two attached hydrogens (primary N) is 1. The summed E-state index contributed by atoms with van der Waals surface area (Å²) in [6, 6.07) is 25.1. The van der Waals surface area contributed by atoms with Crippen LogP contribution in [0.2, 0.25) is 0 Å². The Morgan fingerprint density at radius 1 is 0.897 bits per heavy atom. The lowest BCUT2D eigenvalue weighted by atomic mass is 9.81. The van der Waals surface area contributed by atoms with Gasteiger partial charge in [0.1, 0.15) is 11.5 Å². The van der Waals surface area contributed by atoms with Crippen molar-refractivity contribution in [3.63, 3.8) is 0 Å². The van der Waals surface area contributed by atoms with E-state index in [1.807, 2.05) is 18.2 Å². The second-order valence-electron chi connectivity index (χ2n) is 8.90. The van der Waals surface area contributed by atoms with Crippen LogP contribution in [0.15, 0.2) is 102 Å². The molecule has 0 aliphatic carbocycles. The Bertz CT molecular complexity index is 1590. The lowest BCUT2D eigenvalue weighted by Crippen LogP contribution is -2.40. The van der Waals surface area contributed by atoms with Crippen molar-refractivity contribution in [1.82, 2.24) is 0 Å². The smallest absolute Gasteiger partial charge is 0.355 e. The number of fused-ring (bicyclic) bond motifs is 1. The topological polar surface area (TPSA) is 126 Å². The molecule has 0 spiro atoms. The van der Waals surface area contributed by atoms with Gasteiger partial charge in [0.05, 0.1) is 43.9 Å². The van der Waals surface area contributed by atoms with E-state index in [1.54, 1.807) is 65.6 Å². The van der Waals surface area contributed by atoms with Crippen LogP contribution in [0.5, 0.6) is 0 Å². The molecule has 5 rings (SSSR count). The van der Waals surface area contributed by atoms with E-state index in [9.17, 15) is 19.6 Å². The number of carbonyl (C=O) groups is 3. The van der Waals surface area contributed by atoms with E-state index < -0.39 is 17.9 Å². The Morgan fingerprint density at radius 2 is 1.51 bits per heavy atom. The maximum Gasteiger partial charge on any atom is 0.355 e. The van der Waals surface area contributed by atoms with E-state index in [4.69, 9.17) is 15.2 Å². The zero-order valence-electron chi connectivity index (χ0n) is 21.3. The number of hydrogen-bond acceptors (Lipinski definition) is 8. The van der Waals surface area contributed by atoms with Gasteiger partial charge in [0.15, 0.2) is 0 Å². The van der Waals surface area contributed by atoms with Crippen molar-refractivity contribution in [2.24, 2.45) is 5.73 Å². The van der Waals surface area contributed by atoms with Gasteiger partial charge in [0.25, 0.3) is 5.91 Å². The molecule has 0 saturated carbocycles. The summed E-state index contributed by atoms with van der Waals surface area (Å²) in [5.74, 6) is -2.72. The van der Waals surface area contributed by atoms with Gasteiger partial charge >= 0.3 is 11.9 Å². The van der Waals surface area contributed by atoms with Crippen molar-refractivity contribution >= 4 is 29.2 Å². The first-order chi connectivity index (χ1) is 18.9. The van der Waals surface area contributed by atoms with Crippen LogP contribution in [0.1, 0.15) is 27.4 Å². The summed E-state index contributed by atoms with van der Waals surface area (Å²) in [5.41, 5.74) is 9.57. The molecular formula is C30H24N4O5. The maximum absolute atomic E-state index is 13.2. The number of methoxy groups -OCH3 is 2. The van der Waals surface area contributed by atoms with Gasteiger partial charge in [-0.05, 0) is 41.5 Å². The summed E-state index contributed by atoms with van der Waals surface area (Å²) in [5, 5.41) is 10.2. The van der Waals surface area contributed by atoms with Crippen LogP contribution in [0.4, 0.5) is 11.4 Å². The Morgan fingerprint density at radius 3 is 2.13 bits per heavy atom. The fourth-order valence-corrected chi connectivity index (χ4v) is 5.03. The van der Waals surface area contributed by atoms with Crippen LogP contribution in [0, 0.1) is 11.3 Å². The molecule has 1 atom stereocenters. The Balaban J connectivity index is 1.64. The van der Waals surface area contributed by atoms with Crippen LogP contribution in [-0.4, -0.2) is 32.1 Å². The van der Waals surface area contributed by atoms with E-state index in [0.29, 0.717) is 29.0 Å². The normalized spacial score (nSPS) is 16.6. The van der Waals surface area contributed by atoms with Gasteiger partial charge in [-0.15, -0.1) is 0 Å². The molecule has 2 heterocycles. The quantitative estimate of drug-likeness (QED) is 0.504. The number of anilines is 2. The highest BCUT2D eigenvalue weighted by molar-refractivity contribution is 6.10. The summed E-state index contributed by atoms with van der Waals surface area (Å²) in [7, 11) is 2.39. The minimum absolute atomic E-state index is 0.0307. The van der Waals surface area contributed by atoms with Crippen molar-refractivity contribution in [1.29, 1.82) is 5.26 Å². The Labute approximate surface area is 224 Å². The number of esters is 2. The third-order valence-electron chi connectivity index (χ3n) is 6.85. The Hall–Kier alpha value is -5.36. The number of carbonyl (C=O) groups excluding carboxylic acids is 3.